The van der Waals surface area contributed by atoms with Gasteiger partial charge in [0.2, 0.25) is 0 Å². The van der Waals surface area contributed by atoms with E-state index in [1.807, 2.05) is 19.9 Å². The fourth-order valence-corrected chi connectivity index (χ4v) is 2.80. The molecule has 0 bridgehead atoms. The number of likely N-dealkylation sites (tertiary alicyclic amines) is 1. The summed E-state index contributed by atoms with van der Waals surface area (Å²) in [5.41, 5.74) is 1.56. The molecule has 1 aromatic heterocycles. The third-order valence-electron chi connectivity index (χ3n) is 3.81. The van der Waals surface area contributed by atoms with Crippen molar-refractivity contribution in [3.63, 3.8) is 0 Å². The van der Waals surface area contributed by atoms with Crippen LogP contribution in [0.1, 0.15) is 42.9 Å². The molecule has 1 aliphatic heterocycles. The average molecular weight is 278 g/mol. The number of carbonyl (C=O) groups is 1. The molecule has 5 nitrogen and oxygen atoms in total. The summed E-state index contributed by atoms with van der Waals surface area (Å²) in [6.07, 6.45) is 2.63. The summed E-state index contributed by atoms with van der Waals surface area (Å²) < 4.78 is 1.76. The number of nitrogens with zero attached hydrogens (tertiary/aromatic N) is 3. The maximum Gasteiger partial charge on any atom is 0.269 e. The zero-order valence-corrected chi connectivity index (χ0v) is 12.9. The van der Waals surface area contributed by atoms with Crippen LogP contribution in [0.3, 0.4) is 0 Å². The van der Waals surface area contributed by atoms with Crippen molar-refractivity contribution in [2.24, 2.45) is 5.92 Å². The Morgan fingerprint density at radius 2 is 2.15 bits per heavy atom. The molecule has 1 atom stereocenters. The smallest absolute Gasteiger partial charge is 0.269 e. The number of rotatable bonds is 6. The molecule has 2 heterocycles. The molecular formula is C15H26N4O. The van der Waals surface area contributed by atoms with Gasteiger partial charge < -0.3 is 10.2 Å². The molecule has 1 aromatic rings. The van der Waals surface area contributed by atoms with E-state index in [2.05, 4.69) is 22.2 Å². The monoisotopic (exact) mass is 278 g/mol. The van der Waals surface area contributed by atoms with E-state index >= 15 is 0 Å². The van der Waals surface area contributed by atoms with Gasteiger partial charge in [-0.05, 0) is 51.8 Å². The molecule has 1 aliphatic rings. The highest BCUT2D eigenvalue weighted by atomic mass is 16.2. The normalized spacial score (nSPS) is 17.4. The molecule has 112 valence electrons. The number of carbonyl (C=O) groups excluding carboxylic acids is 1. The first-order valence-corrected chi connectivity index (χ1v) is 7.65. The summed E-state index contributed by atoms with van der Waals surface area (Å²) in [5.74, 6) is 0.469. The number of nitrogens with one attached hydrogen (secondary N) is 1. The van der Waals surface area contributed by atoms with Crippen LogP contribution in [0.15, 0.2) is 6.07 Å². The molecule has 1 amide bonds. The highest BCUT2D eigenvalue weighted by molar-refractivity contribution is 5.92. The Morgan fingerprint density at radius 3 is 2.80 bits per heavy atom. The molecular weight excluding hydrogens is 252 g/mol. The Balaban J connectivity index is 1.81. The highest BCUT2D eigenvalue weighted by Crippen LogP contribution is 2.10. The lowest BCUT2D eigenvalue weighted by molar-refractivity contribution is 0.0934. The van der Waals surface area contributed by atoms with E-state index in [0.29, 0.717) is 11.6 Å². The minimum Gasteiger partial charge on any atom is -0.350 e. The standard InChI is InChI=1S/C15H26N4O/c1-4-19-14(9-13(3)17-19)15(20)16-10-12(2)11-18-7-5-6-8-18/h9,12H,4-8,10-11H2,1-3H3,(H,16,20)/t12-/m1/s1. The zero-order valence-electron chi connectivity index (χ0n) is 12.9. The molecule has 2 rings (SSSR count). The van der Waals surface area contributed by atoms with E-state index in [9.17, 15) is 4.79 Å². The Morgan fingerprint density at radius 1 is 1.45 bits per heavy atom. The Hall–Kier alpha value is -1.36. The summed E-state index contributed by atoms with van der Waals surface area (Å²) in [6.45, 7) is 11.1. The van der Waals surface area contributed by atoms with E-state index in [1.54, 1.807) is 4.68 Å². The van der Waals surface area contributed by atoms with Gasteiger partial charge in [0.15, 0.2) is 0 Å². The van der Waals surface area contributed by atoms with Crippen LogP contribution in [-0.4, -0.2) is 46.8 Å². The van der Waals surface area contributed by atoms with Crippen LogP contribution in [0.4, 0.5) is 0 Å². The number of aryl methyl sites for hydroxylation is 2. The topological polar surface area (TPSA) is 50.2 Å². The molecule has 1 saturated heterocycles. The van der Waals surface area contributed by atoms with Gasteiger partial charge in [0, 0.05) is 19.6 Å². The van der Waals surface area contributed by atoms with Gasteiger partial charge in [-0.2, -0.15) is 5.10 Å². The lowest BCUT2D eigenvalue weighted by Gasteiger charge is -2.20. The van der Waals surface area contributed by atoms with Crippen LogP contribution in [0, 0.1) is 12.8 Å². The summed E-state index contributed by atoms with van der Waals surface area (Å²) in [6, 6.07) is 1.85. The van der Waals surface area contributed by atoms with Crippen molar-refractivity contribution < 1.29 is 4.79 Å². The van der Waals surface area contributed by atoms with Gasteiger partial charge >= 0.3 is 0 Å². The van der Waals surface area contributed by atoms with E-state index in [1.165, 1.54) is 25.9 Å². The highest BCUT2D eigenvalue weighted by Gasteiger charge is 2.17. The van der Waals surface area contributed by atoms with Gasteiger partial charge in [0.05, 0.1) is 5.69 Å². The van der Waals surface area contributed by atoms with Crippen LogP contribution in [0.25, 0.3) is 0 Å². The largest absolute Gasteiger partial charge is 0.350 e. The Bertz CT molecular complexity index is 449. The average Bonchev–Trinajstić information content (AvgIpc) is 3.05. The Kier molecular flexibility index (Phi) is 5.17. The summed E-state index contributed by atoms with van der Waals surface area (Å²) in [4.78, 5) is 14.7. The van der Waals surface area contributed by atoms with Crippen LogP contribution in [0.5, 0.6) is 0 Å². The second-order valence-corrected chi connectivity index (χ2v) is 5.81. The molecule has 0 unspecified atom stereocenters. The third-order valence-corrected chi connectivity index (χ3v) is 3.81. The number of aromatic nitrogens is 2. The van der Waals surface area contributed by atoms with E-state index < -0.39 is 0 Å². The van der Waals surface area contributed by atoms with Gasteiger partial charge in [-0.1, -0.05) is 6.92 Å². The van der Waals surface area contributed by atoms with Crippen LogP contribution in [-0.2, 0) is 6.54 Å². The zero-order chi connectivity index (χ0) is 14.5. The second kappa shape index (κ2) is 6.88. The van der Waals surface area contributed by atoms with Crippen LogP contribution >= 0.6 is 0 Å². The lowest BCUT2D eigenvalue weighted by atomic mass is 10.1. The van der Waals surface area contributed by atoms with Crippen molar-refractivity contribution in [3.8, 4) is 0 Å². The molecule has 1 N–H and O–H groups in total. The van der Waals surface area contributed by atoms with Crippen LogP contribution < -0.4 is 5.32 Å². The third kappa shape index (κ3) is 3.82. The first-order chi connectivity index (χ1) is 9.60. The fraction of sp³-hybridized carbons (Fsp3) is 0.733. The van der Waals surface area contributed by atoms with Crippen molar-refractivity contribution in [1.82, 2.24) is 20.0 Å². The molecule has 0 spiro atoms. The Labute approximate surface area is 121 Å². The number of hydrogen-bond acceptors (Lipinski definition) is 3. The van der Waals surface area contributed by atoms with Gasteiger partial charge in [-0.3, -0.25) is 9.48 Å². The summed E-state index contributed by atoms with van der Waals surface area (Å²) in [7, 11) is 0. The maximum absolute atomic E-state index is 12.2. The van der Waals surface area contributed by atoms with E-state index in [0.717, 1.165) is 25.3 Å². The van der Waals surface area contributed by atoms with E-state index in [-0.39, 0.29) is 5.91 Å². The minimum atomic E-state index is -0.0132. The van der Waals surface area contributed by atoms with Gasteiger partial charge in [0.1, 0.15) is 5.69 Å². The maximum atomic E-state index is 12.2. The number of hydrogen-bond donors (Lipinski definition) is 1. The molecule has 0 aliphatic carbocycles. The van der Waals surface area contributed by atoms with Gasteiger partial charge in [0.25, 0.3) is 5.91 Å². The van der Waals surface area contributed by atoms with Gasteiger partial charge in [-0.25, -0.2) is 0 Å². The van der Waals surface area contributed by atoms with Crippen molar-refractivity contribution >= 4 is 5.91 Å². The van der Waals surface area contributed by atoms with Crippen LogP contribution in [0.2, 0.25) is 0 Å². The lowest BCUT2D eigenvalue weighted by Crippen LogP contribution is -2.35. The fourth-order valence-electron chi connectivity index (χ4n) is 2.80. The van der Waals surface area contributed by atoms with Crippen molar-refractivity contribution in [2.75, 3.05) is 26.2 Å². The van der Waals surface area contributed by atoms with Gasteiger partial charge in [-0.15, -0.1) is 0 Å². The second-order valence-electron chi connectivity index (χ2n) is 5.81. The van der Waals surface area contributed by atoms with E-state index in [4.69, 9.17) is 0 Å². The molecule has 20 heavy (non-hydrogen) atoms. The molecule has 0 radical (unpaired) electrons. The SMILES string of the molecule is CCn1nc(C)cc1C(=O)NC[C@@H](C)CN1CCCC1. The first kappa shape index (κ1) is 15.0. The predicted octanol–water partition coefficient (Wildman–Crippen LogP) is 1.67. The summed E-state index contributed by atoms with van der Waals surface area (Å²) in [5, 5.41) is 7.34. The molecule has 5 heteroatoms. The molecule has 0 saturated carbocycles. The molecule has 0 aromatic carbocycles. The van der Waals surface area contributed by atoms with Crippen molar-refractivity contribution in [3.05, 3.63) is 17.5 Å². The minimum absolute atomic E-state index is 0.0132. The first-order valence-electron chi connectivity index (χ1n) is 7.65. The van der Waals surface area contributed by atoms with Crippen molar-refractivity contribution in [1.29, 1.82) is 0 Å². The molecule has 1 fully saturated rings. The van der Waals surface area contributed by atoms with Crippen molar-refractivity contribution in [2.45, 2.75) is 40.2 Å². The quantitative estimate of drug-likeness (QED) is 0.861. The number of amides is 1. The predicted molar refractivity (Wildman–Crippen MR) is 79.8 cm³/mol. The summed E-state index contributed by atoms with van der Waals surface area (Å²) >= 11 is 0.